The SMILES string of the molecule is CCN(C1CC2CCC(C1)N2)C1CCCSC1C. The topological polar surface area (TPSA) is 15.3 Å². The lowest BCUT2D eigenvalue weighted by Crippen LogP contribution is -2.54. The van der Waals surface area contributed by atoms with Crippen molar-refractivity contribution in [2.45, 2.75) is 81.8 Å². The summed E-state index contributed by atoms with van der Waals surface area (Å²) in [7, 11) is 0. The lowest BCUT2D eigenvalue weighted by molar-refractivity contribution is 0.0928. The van der Waals surface area contributed by atoms with E-state index in [1.807, 2.05) is 0 Å². The summed E-state index contributed by atoms with van der Waals surface area (Å²) in [6.07, 6.45) is 8.51. The molecule has 3 aliphatic heterocycles. The highest BCUT2D eigenvalue weighted by Gasteiger charge is 2.39. The fourth-order valence-corrected chi connectivity index (χ4v) is 5.62. The fourth-order valence-electron chi connectivity index (χ4n) is 4.40. The number of fused-ring (bicyclic) bond motifs is 2. The first-order valence-electron chi connectivity index (χ1n) is 7.91. The number of hydrogen-bond acceptors (Lipinski definition) is 3. The molecule has 1 N–H and O–H groups in total. The molecule has 3 fully saturated rings. The lowest BCUT2D eigenvalue weighted by Gasteiger charge is -2.45. The molecular formula is C15H28N2S. The molecule has 104 valence electrons. The first kappa shape index (κ1) is 13.3. The zero-order chi connectivity index (χ0) is 12.5. The number of rotatable bonds is 3. The van der Waals surface area contributed by atoms with E-state index < -0.39 is 0 Å². The number of nitrogens with one attached hydrogen (secondary N) is 1. The Labute approximate surface area is 116 Å². The number of thioether (sulfide) groups is 1. The van der Waals surface area contributed by atoms with Crippen LogP contribution in [0, 0.1) is 0 Å². The first-order valence-corrected chi connectivity index (χ1v) is 8.96. The van der Waals surface area contributed by atoms with Gasteiger partial charge in [0, 0.05) is 29.4 Å². The van der Waals surface area contributed by atoms with E-state index in [1.165, 1.54) is 50.8 Å². The number of piperidine rings is 1. The van der Waals surface area contributed by atoms with E-state index >= 15 is 0 Å². The summed E-state index contributed by atoms with van der Waals surface area (Å²) in [5.74, 6) is 1.38. The predicted octanol–water partition coefficient (Wildman–Crippen LogP) is 2.88. The van der Waals surface area contributed by atoms with Crippen molar-refractivity contribution < 1.29 is 0 Å². The molecule has 3 rings (SSSR count). The summed E-state index contributed by atoms with van der Waals surface area (Å²) >= 11 is 2.19. The van der Waals surface area contributed by atoms with Crippen LogP contribution in [0.5, 0.6) is 0 Å². The van der Waals surface area contributed by atoms with Crippen molar-refractivity contribution in [3.05, 3.63) is 0 Å². The van der Waals surface area contributed by atoms with Crippen LogP contribution in [0.2, 0.25) is 0 Å². The van der Waals surface area contributed by atoms with Crippen molar-refractivity contribution in [1.29, 1.82) is 0 Å². The Morgan fingerprint density at radius 3 is 2.50 bits per heavy atom. The predicted molar refractivity (Wildman–Crippen MR) is 80.3 cm³/mol. The van der Waals surface area contributed by atoms with Crippen LogP contribution in [0.4, 0.5) is 0 Å². The minimum absolute atomic E-state index is 0.828. The average Bonchev–Trinajstić information content (AvgIpc) is 2.72. The van der Waals surface area contributed by atoms with Crippen LogP contribution in [0.25, 0.3) is 0 Å². The van der Waals surface area contributed by atoms with E-state index in [-0.39, 0.29) is 0 Å². The van der Waals surface area contributed by atoms with Gasteiger partial charge in [-0.1, -0.05) is 13.8 Å². The second-order valence-corrected chi connectivity index (χ2v) is 7.86. The molecule has 4 atom stereocenters. The highest BCUT2D eigenvalue weighted by Crippen LogP contribution is 2.35. The third-order valence-electron chi connectivity index (χ3n) is 5.28. The van der Waals surface area contributed by atoms with Crippen molar-refractivity contribution in [3.8, 4) is 0 Å². The molecule has 0 aliphatic carbocycles. The van der Waals surface area contributed by atoms with Gasteiger partial charge in [0.2, 0.25) is 0 Å². The van der Waals surface area contributed by atoms with Gasteiger partial charge in [-0.25, -0.2) is 0 Å². The maximum atomic E-state index is 3.78. The molecule has 4 unspecified atom stereocenters. The standard InChI is InChI=1S/C15H28N2S/c1-3-17(15-5-4-8-18-11(15)2)14-9-12-6-7-13(10-14)16-12/h11-16H,3-10H2,1-2H3. The monoisotopic (exact) mass is 268 g/mol. The van der Waals surface area contributed by atoms with E-state index in [9.17, 15) is 0 Å². The van der Waals surface area contributed by atoms with Crippen LogP contribution in [-0.2, 0) is 0 Å². The fraction of sp³-hybridized carbons (Fsp3) is 1.00. The molecule has 2 bridgehead atoms. The third-order valence-corrected chi connectivity index (χ3v) is 6.64. The molecule has 0 aromatic carbocycles. The van der Waals surface area contributed by atoms with Crippen molar-refractivity contribution in [1.82, 2.24) is 10.2 Å². The Balaban J connectivity index is 1.67. The zero-order valence-electron chi connectivity index (χ0n) is 11.9. The van der Waals surface area contributed by atoms with Crippen molar-refractivity contribution in [2.75, 3.05) is 12.3 Å². The quantitative estimate of drug-likeness (QED) is 0.847. The van der Waals surface area contributed by atoms with Gasteiger partial charge >= 0.3 is 0 Å². The van der Waals surface area contributed by atoms with E-state index in [2.05, 4.69) is 35.8 Å². The lowest BCUT2D eigenvalue weighted by atomic mass is 9.94. The Hall–Kier alpha value is 0.270. The molecule has 0 aromatic rings. The average molecular weight is 268 g/mol. The third kappa shape index (κ3) is 2.59. The molecule has 3 heterocycles. The van der Waals surface area contributed by atoms with Gasteiger partial charge in [0.05, 0.1) is 0 Å². The molecular weight excluding hydrogens is 240 g/mol. The van der Waals surface area contributed by atoms with Gasteiger partial charge in [-0.05, 0) is 50.8 Å². The molecule has 0 spiro atoms. The highest BCUT2D eigenvalue weighted by atomic mass is 32.2. The molecule has 2 nitrogen and oxygen atoms in total. The summed E-state index contributed by atoms with van der Waals surface area (Å²) < 4.78 is 0. The Kier molecular flexibility index (Phi) is 4.21. The van der Waals surface area contributed by atoms with Gasteiger partial charge in [0.1, 0.15) is 0 Å². The molecule has 18 heavy (non-hydrogen) atoms. The molecule has 0 saturated carbocycles. The normalized spacial score (nSPS) is 44.5. The number of nitrogens with zero attached hydrogens (tertiary/aromatic N) is 1. The first-order chi connectivity index (χ1) is 8.78. The van der Waals surface area contributed by atoms with Crippen molar-refractivity contribution >= 4 is 11.8 Å². The van der Waals surface area contributed by atoms with E-state index in [0.717, 1.165) is 29.4 Å². The minimum atomic E-state index is 0.828. The molecule has 0 radical (unpaired) electrons. The maximum Gasteiger partial charge on any atom is 0.0215 e. The summed E-state index contributed by atoms with van der Waals surface area (Å²) in [5, 5.41) is 4.62. The van der Waals surface area contributed by atoms with Crippen LogP contribution in [0.1, 0.15) is 52.4 Å². The molecule has 3 saturated heterocycles. The summed E-state index contributed by atoms with van der Waals surface area (Å²) in [6, 6.07) is 3.36. The van der Waals surface area contributed by atoms with Crippen molar-refractivity contribution in [2.24, 2.45) is 0 Å². The van der Waals surface area contributed by atoms with Crippen LogP contribution >= 0.6 is 11.8 Å². The Morgan fingerprint density at radius 2 is 1.89 bits per heavy atom. The van der Waals surface area contributed by atoms with Gasteiger partial charge < -0.3 is 5.32 Å². The Morgan fingerprint density at radius 1 is 1.17 bits per heavy atom. The molecule has 0 aromatic heterocycles. The smallest absolute Gasteiger partial charge is 0.0215 e. The van der Waals surface area contributed by atoms with Crippen LogP contribution < -0.4 is 5.32 Å². The van der Waals surface area contributed by atoms with E-state index in [4.69, 9.17) is 0 Å². The second kappa shape index (κ2) is 5.72. The summed E-state index contributed by atoms with van der Waals surface area (Å²) in [6.45, 7) is 6.07. The minimum Gasteiger partial charge on any atom is -0.311 e. The molecule has 3 heteroatoms. The second-order valence-electron chi connectivity index (χ2n) is 6.38. The molecule has 3 aliphatic rings. The highest BCUT2D eigenvalue weighted by molar-refractivity contribution is 7.99. The van der Waals surface area contributed by atoms with E-state index in [0.29, 0.717) is 0 Å². The Bertz CT molecular complexity index is 272. The van der Waals surface area contributed by atoms with Crippen molar-refractivity contribution in [3.63, 3.8) is 0 Å². The van der Waals surface area contributed by atoms with Gasteiger partial charge in [-0.2, -0.15) is 11.8 Å². The van der Waals surface area contributed by atoms with Crippen LogP contribution in [0.3, 0.4) is 0 Å². The van der Waals surface area contributed by atoms with Gasteiger partial charge in [-0.15, -0.1) is 0 Å². The van der Waals surface area contributed by atoms with Crippen LogP contribution in [0.15, 0.2) is 0 Å². The van der Waals surface area contributed by atoms with Gasteiger partial charge in [-0.3, -0.25) is 4.90 Å². The number of hydrogen-bond donors (Lipinski definition) is 1. The zero-order valence-corrected chi connectivity index (χ0v) is 12.7. The summed E-state index contributed by atoms with van der Waals surface area (Å²) in [5.41, 5.74) is 0. The maximum absolute atomic E-state index is 3.78. The van der Waals surface area contributed by atoms with Gasteiger partial charge in [0.25, 0.3) is 0 Å². The van der Waals surface area contributed by atoms with Gasteiger partial charge in [0.15, 0.2) is 0 Å². The molecule has 0 amide bonds. The largest absolute Gasteiger partial charge is 0.311 e. The van der Waals surface area contributed by atoms with Crippen LogP contribution in [-0.4, -0.2) is 46.6 Å². The van der Waals surface area contributed by atoms with E-state index in [1.54, 1.807) is 0 Å². The summed E-state index contributed by atoms with van der Waals surface area (Å²) in [4.78, 5) is 2.86.